The van der Waals surface area contributed by atoms with Crippen LogP contribution < -0.4 is 5.32 Å². The van der Waals surface area contributed by atoms with Crippen molar-refractivity contribution in [3.05, 3.63) is 83.2 Å². The standard InChI is InChI=1S/C25H27N3O4S.Li.H/c1-17-5-3-4-6-20(17)22-13-18(15-32-16-19-9-11-26-27-14-19)7-8-21(22)24(29)28-23(25(30)31)10-12-33-2;;/h3-9,11,13-14,23H,10,12,15-16H2,1-2H3,(H,28,29)(H,30,31);;/t23-;;/m0../s1. The number of hydrogen-bond acceptors (Lipinski definition) is 6. The van der Waals surface area contributed by atoms with Crippen molar-refractivity contribution >= 4 is 42.5 Å². The molecule has 7 nitrogen and oxygen atoms in total. The van der Waals surface area contributed by atoms with E-state index in [4.69, 9.17) is 4.74 Å². The normalized spacial score (nSPS) is 11.4. The summed E-state index contributed by atoms with van der Waals surface area (Å²) in [6.45, 7) is 2.73. The van der Waals surface area contributed by atoms with Crippen LogP contribution in [-0.4, -0.2) is 64.1 Å². The van der Waals surface area contributed by atoms with E-state index in [2.05, 4.69) is 15.5 Å². The Balaban J connectivity index is 0.00000408. The third-order valence-corrected chi connectivity index (χ3v) is 5.80. The number of rotatable bonds is 11. The fourth-order valence-electron chi connectivity index (χ4n) is 3.40. The number of nitrogens with one attached hydrogen (secondary N) is 1. The summed E-state index contributed by atoms with van der Waals surface area (Å²) in [4.78, 5) is 24.7. The van der Waals surface area contributed by atoms with Gasteiger partial charge in [-0.05, 0) is 71.4 Å². The molecule has 1 aromatic heterocycles. The zero-order valence-corrected chi connectivity index (χ0v) is 19.5. The van der Waals surface area contributed by atoms with Crippen molar-refractivity contribution in [1.82, 2.24) is 15.5 Å². The van der Waals surface area contributed by atoms with Gasteiger partial charge in [0.25, 0.3) is 5.91 Å². The van der Waals surface area contributed by atoms with E-state index in [1.54, 1.807) is 30.2 Å². The fourth-order valence-corrected chi connectivity index (χ4v) is 3.87. The quantitative estimate of drug-likeness (QED) is 0.411. The minimum absolute atomic E-state index is 0. The van der Waals surface area contributed by atoms with Crippen LogP contribution in [0.1, 0.15) is 33.5 Å². The van der Waals surface area contributed by atoms with E-state index < -0.39 is 17.9 Å². The van der Waals surface area contributed by atoms with E-state index in [9.17, 15) is 14.7 Å². The Morgan fingerprint density at radius 1 is 1.06 bits per heavy atom. The van der Waals surface area contributed by atoms with E-state index in [1.165, 1.54) is 0 Å². The molecule has 1 amide bonds. The molecule has 0 aliphatic rings. The van der Waals surface area contributed by atoms with Crippen molar-refractivity contribution < 1.29 is 19.4 Å². The average Bonchev–Trinajstić information content (AvgIpc) is 2.82. The van der Waals surface area contributed by atoms with E-state index in [0.29, 0.717) is 31.0 Å². The van der Waals surface area contributed by atoms with Crippen LogP contribution in [0.2, 0.25) is 0 Å². The second-order valence-corrected chi connectivity index (χ2v) is 8.57. The van der Waals surface area contributed by atoms with Crippen molar-refractivity contribution in [2.24, 2.45) is 0 Å². The number of carbonyl (C=O) groups excluding carboxylic acids is 1. The second kappa shape index (κ2) is 13.9. The molecule has 0 saturated heterocycles. The molecule has 174 valence electrons. The summed E-state index contributed by atoms with van der Waals surface area (Å²) in [5, 5.41) is 19.8. The Kier molecular flexibility index (Phi) is 11.3. The van der Waals surface area contributed by atoms with Crippen LogP contribution in [0.4, 0.5) is 0 Å². The number of carboxylic acids is 1. The van der Waals surface area contributed by atoms with Gasteiger partial charge in [0, 0.05) is 11.8 Å². The zero-order chi connectivity index (χ0) is 23.6. The van der Waals surface area contributed by atoms with Crippen LogP contribution in [0, 0.1) is 6.92 Å². The number of carbonyl (C=O) groups is 2. The van der Waals surface area contributed by atoms with E-state index in [1.807, 2.05) is 55.6 Å². The molecule has 0 bridgehead atoms. The minimum atomic E-state index is -1.04. The first kappa shape index (κ1) is 27.6. The Labute approximate surface area is 215 Å². The van der Waals surface area contributed by atoms with Crippen LogP contribution in [0.15, 0.2) is 60.9 Å². The molecule has 3 aromatic rings. The number of benzene rings is 2. The number of aryl methyl sites for hydroxylation is 1. The predicted molar refractivity (Wildman–Crippen MR) is 136 cm³/mol. The zero-order valence-electron chi connectivity index (χ0n) is 18.7. The molecule has 0 aliphatic carbocycles. The second-order valence-electron chi connectivity index (χ2n) is 7.58. The molecule has 0 spiro atoms. The van der Waals surface area contributed by atoms with Gasteiger partial charge in [0.15, 0.2) is 0 Å². The van der Waals surface area contributed by atoms with Crippen LogP contribution in [0.5, 0.6) is 0 Å². The summed E-state index contributed by atoms with van der Waals surface area (Å²) in [5.74, 6) is -0.798. The van der Waals surface area contributed by atoms with Crippen molar-refractivity contribution in [3.63, 3.8) is 0 Å². The Morgan fingerprint density at radius 3 is 2.50 bits per heavy atom. The van der Waals surface area contributed by atoms with Crippen molar-refractivity contribution in [3.8, 4) is 11.1 Å². The maximum absolute atomic E-state index is 13.1. The number of nitrogens with zero attached hydrogens (tertiary/aromatic N) is 2. The maximum atomic E-state index is 13.1. The van der Waals surface area contributed by atoms with Crippen LogP contribution in [-0.2, 0) is 22.7 Å². The molecular weight excluding hydrogens is 445 g/mol. The van der Waals surface area contributed by atoms with Crippen LogP contribution in [0.3, 0.4) is 0 Å². The van der Waals surface area contributed by atoms with Crippen molar-refractivity contribution in [2.75, 3.05) is 12.0 Å². The summed E-state index contributed by atoms with van der Waals surface area (Å²) >= 11 is 1.54. The van der Waals surface area contributed by atoms with Gasteiger partial charge in [0.2, 0.25) is 0 Å². The molecule has 34 heavy (non-hydrogen) atoms. The molecule has 0 saturated carbocycles. The first-order valence-corrected chi connectivity index (χ1v) is 11.9. The number of ether oxygens (including phenoxy) is 1. The Bertz CT molecular complexity index is 1100. The third-order valence-electron chi connectivity index (χ3n) is 5.16. The van der Waals surface area contributed by atoms with Gasteiger partial charge in [-0.2, -0.15) is 22.0 Å². The number of aliphatic carboxylic acids is 1. The van der Waals surface area contributed by atoms with Gasteiger partial charge in [-0.1, -0.05) is 30.3 Å². The molecule has 0 fully saturated rings. The van der Waals surface area contributed by atoms with Gasteiger partial charge < -0.3 is 15.2 Å². The fraction of sp³-hybridized carbons (Fsp3) is 0.280. The predicted octanol–water partition coefficient (Wildman–Crippen LogP) is 3.46. The number of hydrogen-bond donors (Lipinski definition) is 2. The summed E-state index contributed by atoms with van der Waals surface area (Å²) < 4.78 is 5.82. The molecule has 1 heterocycles. The SMILES string of the molecule is CSCC[C@H](NC(=O)c1ccc(COCc2ccnnc2)cc1-c1ccccc1C)C(=O)O.[LiH]. The molecule has 0 aliphatic heterocycles. The van der Waals surface area contributed by atoms with E-state index in [0.717, 1.165) is 27.8 Å². The number of aromatic nitrogens is 2. The summed E-state index contributed by atoms with van der Waals surface area (Å²) in [6, 6.07) is 14.2. The molecule has 0 unspecified atom stereocenters. The molecule has 2 aromatic carbocycles. The Morgan fingerprint density at radius 2 is 1.82 bits per heavy atom. The molecule has 3 rings (SSSR count). The first-order chi connectivity index (χ1) is 16.0. The summed E-state index contributed by atoms with van der Waals surface area (Å²) in [5.41, 5.74) is 4.94. The van der Waals surface area contributed by atoms with Crippen molar-refractivity contribution in [1.29, 1.82) is 0 Å². The van der Waals surface area contributed by atoms with Gasteiger partial charge in [0.1, 0.15) is 6.04 Å². The molecule has 2 N–H and O–H groups in total. The summed E-state index contributed by atoms with van der Waals surface area (Å²) in [6.07, 6.45) is 5.54. The number of amides is 1. The number of thioether (sulfide) groups is 1. The number of carboxylic acid groups (broad SMARTS) is 1. The molecule has 0 radical (unpaired) electrons. The third kappa shape index (κ3) is 7.71. The molecule has 9 heteroatoms. The summed E-state index contributed by atoms with van der Waals surface area (Å²) in [7, 11) is 0. The molecule has 1 atom stereocenters. The van der Waals surface area contributed by atoms with E-state index >= 15 is 0 Å². The van der Waals surface area contributed by atoms with Gasteiger partial charge >= 0.3 is 24.8 Å². The van der Waals surface area contributed by atoms with Crippen LogP contribution >= 0.6 is 11.8 Å². The Hall–Kier alpha value is -2.63. The van der Waals surface area contributed by atoms with Crippen molar-refractivity contribution in [2.45, 2.75) is 32.6 Å². The topological polar surface area (TPSA) is 101 Å². The average molecular weight is 474 g/mol. The first-order valence-electron chi connectivity index (χ1n) is 10.5. The van der Waals surface area contributed by atoms with Gasteiger partial charge in [0.05, 0.1) is 19.4 Å². The van der Waals surface area contributed by atoms with Gasteiger partial charge in [-0.25, -0.2) is 4.79 Å². The monoisotopic (exact) mass is 473 g/mol. The van der Waals surface area contributed by atoms with Crippen LogP contribution in [0.25, 0.3) is 11.1 Å². The van der Waals surface area contributed by atoms with E-state index in [-0.39, 0.29) is 18.9 Å². The van der Waals surface area contributed by atoms with Gasteiger partial charge in [-0.3, -0.25) is 4.79 Å². The molecular formula is C25H28LiN3O4S. The van der Waals surface area contributed by atoms with Gasteiger partial charge in [-0.15, -0.1) is 0 Å².